The Morgan fingerprint density at radius 1 is 1.35 bits per heavy atom. The zero-order valence-corrected chi connectivity index (χ0v) is 15.6. The van der Waals surface area contributed by atoms with Crippen molar-refractivity contribution in [3.8, 4) is 11.5 Å². The third kappa shape index (κ3) is 3.06. The quantitative estimate of drug-likeness (QED) is 0.742. The summed E-state index contributed by atoms with van der Waals surface area (Å²) in [6.45, 7) is 1.76. The second-order valence-corrected chi connectivity index (χ2v) is 8.93. The Morgan fingerprint density at radius 2 is 2.15 bits per heavy atom. The Balaban J connectivity index is 1.51. The fourth-order valence-electron chi connectivity index (χ4n) is 3.07. The van der Waals surface area contributed by atoms with Crippen LogP contribution in [0.3, 0.4) is 0 Å². The topological polar surface area (TPSA) is 89.3 Å². The number of nitrogens with one attached hydrogen (secondary N) is 1. The summed E-state index contributed by atoms with van der Waals surface area (Å²) < 4.78 is 30.1. The lowest BCUT2D eigenvalue weighted by atomic mass is 10.1. The van der Waals surface area contributed by atoms with E-state index in [-0.39, 0.29) is 18.1 Å². The van der Waals surface area contributed by atoms with Gasteiger partial charge in [-0.25, -0.2) is 13.4 Å². The van der Waals surface area contributed by atoms with Crippen LogP contribution in [0.4, 0.5) is 0 Å². The van der Waals surface area contributed by atoms with Crippen LogP contribution in [0.15, 0.2) is 50.4 Å². The molecule has 1 amide bonds. The molecule has 2 aromatic heterocycles. The van der Waals surface area contributed by atoms with Gasteiger partial charge in [0.25, 0.3) is 0 Å². The molecule has 1 aromatic carbocycles. The number of carbonyl (C=O) groups excluding carboxylic acids is 1. The third-order valence-electron chi connectivity index (χ3n) is 4.34. The van der Waals surface area contributed by atoms with Crippen LogP contribution in [-0.2, 0) is 21.1 Å². The van der Waals surface area contributed by atoms with E-state index in [0.29, 0.717) is 27.8 Å². The molecule has 6 nitrogen and oxygen atoms in total. The molecule has 3 heterocycles. The van der Waals surface area contributed by atoms with Crippen LogP contribution in [-0.4, -0.2) is 25.1 Å². The van der Waals surface area contributed by atoms with Gasteiger partial charge in [0.15, 0.2) is 9.84 Å². The summed E-state index contributed by atoms with van der Waals surface area (Å²) in [7, 11) is -3.35. The van der Waals surface area contributed by atoms with Crippen LogP contribution in [0.1, 0.15) is 23.1 Å². The fraction of sp³-hybridized carbons (Fsp3) is 0.222. The molecule has 1 atom stereocenters. The molecule has 1 unspecified atom stereocenters. The molecule has 26 heavy (non-hydrogen) atoms. The second kappa shape index (κ2) is 6.37. The number of carbonyl (C=O) groups is 1. The lowest BCUT2D eigenvalue weighted by Crippen LogP contribution is -2.31. The van der Waals surface area contributed by atoms with Crippen molar-refractivity contribution in [1.82, 2.24) is 10.3 Å². The zero-order chi connectivity index (χ0) is 18.3. The van der Waals surface area contributed by atoms with Gasteiger partial charge in [0.2, 0.25) is 11.8 Å². The van der Waals surface area contributed by atoms with Gasteiger partial charge in [-0.3, -0.25) is 4.79 Å². The first-order valence-corrected chi connectivity index (χ1v) is 10.6. The Morgan fingerprint density at radius 3 is 2.92 bits per heavy atom. The zero-order valence-electron chi connectivity index (χ0n) is 13.9. The van der Waals surface area contributed by atoms with Crippen molar-refractivity contribution < 1.29 is 17.6 Å². The molecule has 0 bridgehead atoms. The molecule has 0 spiro atoms. The van der Waals surface area contributed by atoms with Crippen molar-refractivity contribution in [3.63, 3.8) is 0 Å². The Labute approximate surface area is 154 Å². The maximum atomic E-state index is 12.5. The molecule has 0 saturated heterocycles. The minimum Gasteiger partial charge on any atom is -0.441 e. The van der Waals surface area contributed by atoms with E-state index in [9.17, 15) is 13.2 Å². The molecule has 0 aliphatic carbocycles. The van der Waals surface area contributed by atoms with Crippen molar-refractivity contribution in [3.05, 3.63) is 58.1 Å². The second-order valence-electron chi connectivity index (χ2n) is 6.15. The molecular formula is C18H16N2O4S2. The minimum atomic E-state index is -3.35. The third-order valence-corrected chi connectivity index (χ3v) is 6.84. The highest BCUT2D eigenvalue weighted by molar-refractivity contribution is 7.91. The number of amides is 1. The number of nitrogens with zero attached hydrogens (tertiary/aromatic N) is 1. The number of aromatic nitrogens is 1. The summed E-state index contributed by atoms with van der Waals surface area (Å²) in [6.07, 6.45) is 0.0399. The summed E-state index contributed by atoms with van der Waals surface area (Å²) in [5, 5.41) is 6.67. The average Bonchev–Trinajstić information content (AvgIpc) is 3.29. The highest BCUT2D eigenvalue weighted by Gasteiger charge is 2.35. The van der Waals surface area contributed by atoms with Gasteiger partial charge in [0, 0.05) is 10.9 Å². The number of hydrogen-bond donors (Lipinski definition) is 1. The number of benzene rings is 1. The summed E-state index contributed by atoms with van der Waals surface area (Å²) in [4.78, 5) is 17.1. The smallest absolute Gasteiger partial charge is 0.227 e. The van der Waals surface area contributed by atoms with E-state index in [0.717, 1.165) is 5.56 Å². The summed E-state index contributed by atoms with van der Waals surface area (Å²) in [5.74, 6) is 0.673. The SMILES string of the molecule is Cc1oc(-c2ccsc2)nc1CC(=O)NC1CS(=O)(=O)c2ccccc21. The van der Waals surface area contributed by atoms with Crippen LogP contribution in [0.2, 0.25) is 0 Å². The highest BCUT2D eigenvalue weighted by atomic mass is 32.2. The first-order valence-electron chi connectivity index (χ1n) is 8.04. The van der Waals surface area contributed by atoms with Crippen molar-refractivity contribution >= 4 is 27.1 Å². The highest BCUT2D eigenvalue weighted by Crippen LogP contribution is 2.33. The van der Waals surface area contributed by atoms with Gasteiger partial charge in [0.05, 0.1) is 28.8 Å². The predicted octanol–water partition coefficient (Wildman–Crippen LogP) is 2.90. The fourth-order valence-corrected chi connectivity index (χ4v) is 5.44. The lowest BCUT2D eigenvalue weighted by Gasteiger charge is -2.12. The maximum Gasteiger partial charge on any atom is 0.227 e. The first-order chi connectivity index (χ1) is 12.4. The molecule has 1 aliphatic rings. The van der Waals surface area contributed by atoms with Crippen LogP contribution < -0.4 is 5.32 Å². The average molecular weight is 388 g/mol. The lowest BCUT2D eigenvalue weighted by molar-refractivity contribution is -0.121. The van der Waals surface area contributed by atoms with E-state index in [1.807, 2.05) is 16.8 Å². The molecule has 0 saturated carbocycles. The number of hydrogen-bond acceptors (Lipinski definition) is 6. The van der Waals surface area contributed by atoms with Crippen LogP contribution in [0.5, 0.6) is 0 Å². The molecular weight excluding hydrogens is 372 g/mol. The Hall–Kier alpha value is -2.45. The van der Waals surface area contributed by atoms with Gasteiger partial charge in [-0.05, 0) is 30.0 Å². The summed E-state index contributed by atoms with van der Waals surface area (Å²) >= 11 is 1.54. The van der Waals surface area contributed by atoms with E-state index in [1.165, 1.54) is 0 Å². The van der Waals surface area contributed by atoms with Gasteiger partial charge in [-0.2, -0.15) is 11.3 Å². The van der Waals surface area contributed by atoms with Gasteiger partial charge < -0.3 is 9.73 Å². The largest absolute Gasteiger partial charge is 0.441 e. The van der Waals surface area contributed by atoms with Crippen LogP contribution in [0.25, 0.3) is 11.5 Å². The van der Waals surface area contributed by atoms with Crippen molar-refractivity contribution in [2.24, 2.45) is 0 Å². The van der Waals surface area contributed by atoms with Crippen molar-refractivity contribution in [2.75, 3.05) is 5.75 Å². The molecule has 1 aliphatic heterocycles. The molecule has 3 aromatic rings. The number of sulfone groups is 1. The van der Waals surface area contributed by atoms with Crippen molar-refractivity contribution in [2.45, 2.75) is 24.3 Å². The normalized spacial score (nSPS) is 17.8. The van der Waals surface area contributed by atoms with E-state index in [2.05, 4.69) is 10.3 Å². The van der Waals surface area contributed by atoms with E-state index in [4.69, 9.17) is 4.42 Å². The Kier molecular flexibility index (Phi) is 4.16. The van der Waals surface area contributed by atoms with E-state index in [1.54, 1.807) is 42.5 Å². The predicted molar refractivity (Wildman–Crippen MR) is 97.6 cm³/mol. The Bertz CT molecular complexity index is 1070. The molecule has 8 heteroatoms. The van der Waals surface area contributed by atoms with E-state index >= 15 is 0 Å². The van der Waals surface area contributed by atoms with Crippen molar-refractivity contribution in [1.29, 1.82) is 0 Å². The van der Waals surface area contributed by atoms with Crippen LogP contribution in [0, 0.1) is 6.92 Å². The minimum absolute atomic E-state index is 0.0399. The first kappa shape index (κ1) is 17.0. The molecule has 4 rings (SSSR count). The number of fused-ring (bicyclic) bond motifs is 1. The van der Waals surface area contributed by atoms with Gasteiger partial charge in [0.1, 0.15) is 5.76 Å². The molecule has 134 valence electrons. The van der Waals surface area contributed by atoms with Gasteiger partial charge in [-0.1, -0.05) is 18.2 Å². The molecule has 0 fully saturated rings. The number of rotatable bonds is 4. The molecule has 1 N–H and O–H groups in total. The maximum absolute atomic E-state index is 12.5. The van der Waals surface area contributed by atoms with Gasteiger partial charge in [-0.15, -0.1) is 0 Å². The number of thiophene rings is 1. The summed E-state index contributed by atoms with van der Waals surface area (Å²) in [6, 6.07) is 8.14. The number of aryl methyl sites for hydroxylation is 1. The standard InChI is InChI=1S/C18H16N2O4S2/c1-11-14(20-18(24-11)12-6-7-25-9-12)8-17(21)19-15-10-26(22,23)16-5-3-2-4-13(15)16/h2-7,9,15H,8,10H2,1H3,(H,19,21). The number of oxazole rings is 1. The summed E-state index contributed by atoms with van der Waals surface area (Å²) in [5.41, 5.74) is 2.06. The monoisotopic (exact) mass is 388 g/mol. The van der Waals surface area contributed by atoms with E-state index < -0.39 is 15.9 Å². The van der Waals surface area contributed by atoms with Gasteiger partial charge >= 0.3 is 0 Å². The molecule has 0 radical (unpaired) electrons. The van der Waals surface area contributed by atoms with Crippen LogP contribution >= 0.6 is 11.3 Å².